The Morgan fingerprint density at radius 1 is 1.22 bits per heavy atom. The normalized spacial score (nSPS) is 15.6. The fraction of sp³-hybridized carbons (Fsp3) is 0.381. The molecule has 0 aromatic heterocycles. The van der Waals surface area contributed by atoms with E-state index in [2.05, 4.69) is 10.2 Å². The second-order valence-electron chi connectivity index (χ2n) is 6.64. The Morgan fingerprint density at radius 3 is 2.56 bits per heavy atom. The number of hydrogen-bond donors (Lipinski definition) is 1. The molecule has 27 heavy (non-hydrogen) atoms. The van der Waals surface area contributed by atoms with Crippen molar-refractivity contribution in [1.82, 2.24) is 4.90 Å². The van der Waals surface area contributed by atoms with E-state index in [0.29, 0.717) is 5.02 Å². The Labute approximate surface area is 170 Å². The summed E-state index contributed by atoms with van der Waals surface area (Å²) in [5.41, 5.74) is 2.75. The summed E-state index contributed by atoms with van der Waals surface area (Å²) in [6.07, 6.45) is 0. The molecule has 6 heteroatoms. The molecule has 0 saturated carbocycles. The van der Waals surface area contributed by atoms with Gasteiger partial charge >= 0.3 is 0 Å². The molecular formula is C21H26ClN3OS. The second kappa shape index (κ2) is 9.49. The number of likely N-dealkylation sites (N-methyl/N-ethyl adjacent to an activating group) is 1. The highest BCUT2D eigenvalue weighted by atomic mass is 35.5. The lowest BCUT2D eigenvalue weighted by Crippen LogP contribution is -2.34. The minimum atomic E-state index is -0.339. The van der Waals surface area contributed by atoms with E-state index in [4.69, 9.17) is 11.6 Å². The molecule has 1 unspecified atom stereocenters. The predicted molar refractivity (Wildman–Crippen MR) is 117 cm³/mol. The monoisotopic (exact) mass is 403 g/mol. The van der Waals surface area contributed by atoms with E-state index in [-0.39, 0.29) is 11.9 Å². The van der Waals surface area contributed by atoms with Crippen molar-refractivity contribution in [3.63, 3.8) is 0 Å². The Kier molecular flexibility index (Phi) is 7.05. The summed E-state index contributed by atoms with van der Waals surface area (Å²) in [5.74, 6) is 2.19. The summed E-state index contributed by atoms with van der Waals surface area (Å²) >= 11 is 8.49. The highest BCUT2D eigenvalue weighted by Gasteiger charge is 2.24. The van der Waals surface area contributed by atoms with Gasteiger partial charge in [0.2, 0.25) is 5.91 Å². The lowest BCUT2D eigenvalue weighted by atomic mass is 10.0. The van der Waals surface area contributed by atoms with Crippen LogP contribution in [0, 0.1) is 0 Å². The summed E-state index contributed by atoms with van der Waals surface area (Å²) in [7, 11) is 1.96. The molecule has 0 aliphatic carbocycles. The largest absolute Gasteiger partial charge is 0.369 e. The molecule has 1 saturated heterocycles. The maximum Gasteiger partial charge on any atom is 0.246 e. The van der Waals surface area contributed by atoms with Gasteiger partial charge in [-0.3, -0.25) is 9.69 Å². The fourth-order valence-corrected chi connectivity index (χ4v) is 4.48. The van der Waals surface area contributed by atoms with Crippen molar-refractivity contribution in [3.8, 4) is 0 Å². The lowest BCUT2D eigenvalue weighted by Gasteiger charge is -2.29. The third-order valence-corrected chi connectivity index (χ3v) is 6.12. The van der Waals surface area contributed by atoms with Crippen LogP contribution in [0.15, 0.2) is 48.5 Å². The van der Waals surface area contributed by atoms with Crippen LogP contribution in [0.1, 0.15) is 18.5 Å². The summed E-state index contributed by atoms with van der Waals surface area (Å²) in [6, 6.07) is 15.3. The summed E-state index contributed by atoms with van der Waals surface area (Å²) in [4.78, 5) is 17.3. The van der Waals surface area contributed by atoms with Gasteiger partial charge in [0.1, 0.15) is 6.04 Å². The maximum atomic E-state index is 13.0. The molecular weight excluding hydrogens is 378 g/mol. The van der Waals surface area contributed by atoms with Gasteiger partial charge in [0.25, 0.3) is 0 Å². The van der Waals surface area contributed by atoms with Gasteiger partial charge in [-0.2, -0.15) is 11.8 Å². The molecule has 144 valence electrons. The molecule has 1 N–H and O–H groups in total. The molecule has 1 amide bonds. The van der Waals surface area contributed by atoms with Crippen molar-refractivity contribution in [3.05, 3.63) is 59.1 Å². The topological polar surface area (TPSA) is 35.6 Å². The lowest BCUT2D eigenvalue weighted by molar-refractivity contribution is -0.121. The van der Waals surface area contributed by atoms with Crippen LogP contribution in [0.25, 0.3) is 0 Å². The molecule has 1 aliphatic rings. The average molecular weight is 404 g/mol. The molecule has 1 aliphatic heterocycles. The van der Waals surface area contributed by atoms with Gasteiger partial charge in [-0.25, -0.2) is 0 Å². The number of thioether (sulfide) groups is 1. The van der Waals surface area contributed by atoms with E-state index in [1.54, 1.807) is 0 Å². The van der Waals surface area contributed by atoms with Gasteiger partial charge in [-0.1, -0.05) is 48.9 Å². The van der Waals surface area contributed by atoms with E-state index in [1.165, 1.54) is 0 Å². The van der Waals surface area contributed by atoms with E-state index in [9.17, 15) is 4.79 Å². The van der Waals surface area contributed by atoms with Crippen molar-refractivity contribution in [1.29, 1.82) is 0 Å². The first-order valence-electron chi connectivity index (χ1n) is 9.28. The van der Waals surface area contributed by atoms with Crippen LogP contribution >= 0.6 is 23.4 Å². The SMILES string of the molecule is CCN(C)C(C(=O)Nc1ccc(N2CCSCC2)c(Cl)c1)c1ccccc1. The summed E-state index contributed by atoms with van der Waals surface area (Å²) in [6.45, 7) is 4.84. The smallest absolute Gasteiger partial charge is 0.246 e. The number of carbonyl (C=O) groups excluding carboxylic acids is 1. The van der Waals surface area contributed by atoms with E-state index in [1.807, 2.05) is 79.2 Å². The van der Waals surface area contributed by atoms with Crippen molar-refractivity contribution in [2.75, 3.05) is 48.4 Å². The molecule has 4 nitrogen and oxygen atoms in total. The van der Waals surface area contributed by atoms with Crippen LogP contribution in [0.4, 0.5) is 11.4 Å². The van der Waals surface area contributed by atoms with Crippen molar-refractivity contribution in [2.24, 2.45) is 0 Å². The number of amides is 1. The van der Waals surface area contributed by atoms with Gasteiger partial charge in [-0.15, -0.1) is 0 Å². The Hall–Kier alpha value is -1.69. The van der Waals surface area contributed by atoms with Crippen molar-refractivity contribution in [2.45, 2.75) is 13.0 Å². The predicted octanol–water partition coefficient (Wildman–Crippen LogP) is 4.52. The van der Waals surface area contributed by atoms with Gasteiger partial charge < -0.3 is 10.2 Å². The Balaban J connectivity index is 1.76. The van der Waals surface area contributed by atoms with E-state index < -0.39 is 0 Å². The van der Waals surface area contributed by atoms with E-state index >= 15 is 0 Å². The number of carbonyl (C=O) groups is 1. The zero-order valence-corrected chi connectivity index (χ0v) is 17.4. The van der Waals surface area contributed by atoms with Gasteiger partial charge in [0.15, 0.2) is 0 Å². The van der Waals surface area contributed by atoms with Crippen molar-refractivity contribution < 1.29 is 4.79 Å². The van der Waals surface area contributed by atoms with Crippen LogP contribution in [-0.2, 0) is 4.79 Å². The van der Waals surface area contributed by atoms with Gasteiger partial charge in [-0.05, 0) is 37.4 Å². The third-order valence-electron chi connectivity index (χ3n) is 4.87. The first kappa shape index (κ1) is 20.1. The molecule has 2 aromatic carbocycles. The van der Waals surface area contributed by atoms with Crippen LogP contribution < -0.4 is 10.2 Å². The molecule has 2 aromatic rings. The quantitative estimate of drug-likeness (QED) is 0.768. The number of nitrogens with one attached hydrogen (secondary N) is 1. The van der Waals surface area contributed by atoms with Crippen LogP contribution in [-0.4, -0.2) is 49.0 Å². The summed E-state index contributed by atoms with van der Waals surface area (Å²) < 4.78 is 0. The highest BCUT2D eigenvalue weighted by molar-refractivity contribution is 7.99. The number of benzene rings is 2. The Morgan fingerprint density at radius 2 is 1.93 bits per heavy atom. The number of rotatable bonds is 6. The number of halogens is 1. The van der Waals surface area contributed by atoms with Crippen molar-refractivity contribution >= 4 is 40.6 Å². The number of hydrogen-bond acceptors (Lipinski definition) is 4. The average Bonchev–Trinajstić information content (AvgIpc) is 2.69. The molecule has 1 heterocycles. The molecule has 3 rings (SSSR count). The highest BCUT2D eigenvalue weighted by Crippen LogP contribution is 2.31. The molecule has 1 fully saturated rings. The minimum absolute atomic E-state index is 0.0521. The number of anilines is 2. The van der Waals surface area contributed by atoms with Crippen LogP contribution in [0.2, 0.25) is 5.02 Å². The fourth-order valence-electron chi connectivity index (χ4n) is 3.28. The number of nitrogens with zero attached hydrogens (tertiary/aromatic N) is 2. The zero-order valence-electron chi connectivity index (χ0n) is 15.8. The van der Waals surface area contributed by atoms with Crippen LogP contribution in [0.5, 0.6) is 0 Å². The Bertz CT molecular complexity index is 765. The second-order valence-corrected chi connectivity index (χ2v) is 8.27. The standard InChI is InChI=1S/C21H26ClN3OS/c1-3-24(2)20(16-7-5-4-6-8-16)21(26)23-17-9-10-19(18(22)15-17)25-11-13-27-14-12-25/h4-10,15,20H,3,11-14H2,1-2H3,(H,23,26). The zero-order chi connectivity index (χ0) is 19.2. The minimum Gasteiger partial charge on any atom is -0.369 e. The summed E-state index contributed by atoms with van der Waals surface area (Å²) in [5, 5.41) is 3.72. The van der Waals surface area contributed by atoms with E-state index in [0.717, 1.165) is 48.1 Å². The van der Waals surface area contributed by atoms with Gasteiger partial charge in [0, 0.05) is 30.3 Å². The molecule has 0 bridgehead atoms. The van der Waals surface area contributed by atoms with Gasteiger partial charge in [0.05, 0.1) is 10.7 Å². The first-order valence-corrected chi connectivity index (χ1v) is 10.8. The first-order chi connectivity index (χ1) is 13.1. The molecule has 0 radical (unpaired) electrons. The molecule has 1 atom stereocenters. The maximum absolute atomic E-state index is 13.0. The third kappa shape index (κ3) is 4.98. The van der Waals surface area contributed by atoms with Crippen LogP contribution in [0.3, 0.4) is 0 Å². The molecule has 0 spiro atoms.